The van der Waals surface area contributed by atoms with Crippen molar-refractivity contribution >= 4 is 37.4 Å². The molecule has 0 bridgehead atoms. The molecule has 0 spiro atoms. The van der Waals surface area contributed by atoms with Crippen LogP contribution in [-0.4, -0.2) is 40.8 Å². The summed E-state index contributed by atoms with van der Waals surface area (Å²) >= 11 is 3.21. The lowest BCUT2D eigenvalue weighted by Gasteiger charge is -2.05. The van der Waals surface area contributed by atoms with E-state index < -0.39 is 9.84 Å². The van der Waals surface area contributed by atoms with Gasteiger partial charge in [0.25, 0.3) is 5.16 Å². The lowest BCUT2D eigenvalue weighted by molar-refractivity contribution is 0.592. The van der Waals surface area contributed by atoms with E-state index in [4.69, 9.17) is 5.26 Å². The van der Waals surface area contributed by atoms with Crippen molar-refractivity contribution in [2.75, 3.05) is 18.1 Å². The molecule has 2 rings (SSSR count). The molecule has 0 unspecified atom stereocenters. The largest absolute Gasteiger partial charge is 0.341 e. The quantitative estimate of drug-likeness (QED) is 0.801. The SMILES string of the molecule is CS(=O)(=O)c1nc(NCC#N)n2ncc(Br)c2n1. The molecule has 18 heavy (non-hydrogen) atoms. The predicted molar refractivity (Wildman–Crippen MR) is 65.7 cm³/mol. The number of fused-ring (bicyclic) bond motifs is 1. The second-order valence-electron chi connectivity index (χ2n) is 3.34. The van der Waals surface area contributed by atoms with E-state index in [2.05, 4.69) is 36.3 Å². The Morgan fingerprint density at radius 2 is 2.28 bits per heavy atom. The average molecular weight is 331 g/mol. The van der Waals surface area contributed by atoms with Crippen LogP contribution in [0.2, 0.25) is 0 Å². The first-order chi connectivity index (χ1) is 8.43. The molecule has 0 saturated heterocycles. The van der Waals surface area contributed by atoms with E-state index in [9.17, 15) is 8.42 Å². The Bertz CT molecular complexity index is 747. The van der Waals surface area contributed by atoms with Crippen molar-refractivity contribution in [2.45, 2.75) is 5.16 Å². The van der Waals surface area contributed by atoms with E-state index in [1.54, 1.807) is 0 Å². The summed E-state index contributed by atoms with van der Waals surface area (Å²) in [6, 6.07) is 1.87. The highest BCUT2D eigenvalue weighted by atomic mass is 79.9. The Balaban J connectivity index is 2.71. The van der Waals surface area contributed by atoms with E-state index in [0.29, 0.717) is 10.1 Å². The third kappa shape index (κ3) is 2.27. The van der Waals surface area contributed by atoms with Crippen molar-refractivity contribution in [1.29, 1.82) is 5.26 Å². The third-order valence-corrected chi connectivity index (χ3v) is 3.37. The van der Waals surface area contributed by atoms with Crippen LogP contribution in [0.15, 0.2) is 15.8 Å². The van der Waals surface area contributed by atoms with E-state index in [1.165, 1.54) is 10.7 Å². The molecular formula is C8H7BrN6O2S. The van der Waals surface area contributed by atoms with E-state index >= 15 is 0 Å². The molecule has 0 aromatic carbocycles. The Morgan fingerprint density at radius 1 is 1.56 bits per heavy atom. The fraction of sp³-hybridized carbons (Fsp3) is 0.250. The van der Waals surface area contributed by atoms with Crippen LogP contribution >= 0.6 is 15.9 Å². The van der Waals surface area contributed by atoms with Gasteiger partial charge in [-0.25, -0.2) is 8.42 Å². The Kier molecular flexibility index (Phi) is 3.18. The normalized spacial score (nSPS) is 11.4. The van der Waals surface area contributed by atoms with Crippen molar-refractivity contribution in [2.24, 2.45) is 0 Å². The molecule has 0 radical (unpaired) electrons. The first-order valence-electron chi connectivity index (χ1n) is 4.65. The fourth-order valence-corrected chi connectivity index (χ4v) is 2.08. The molecule has 0 atom stereocenters. The molecule has 1 N–H and O–H groups in total. The zero-order valence-corrected chi connectivity index (χ0v) is 11.5. The van der Waals surface area contributed by atoms with Crippen LogP contribution in [0.1, 0.15) is 0 Å². The second-order valence-corrected chi connectivity index (χ2v) is 6.11. The molecule has 0 aliphatic heterocycles. The fourth-order valence-electron chi connectivity index (χ4n) is 1.23. The van der Waals surface area contributed by atoms with Crippen LogP contribution in [0.4, 0.5) is 5.95 Å². The number of sulfone groups is 1. The van der Waals surface area contributed by atoms with Crippen LogP contribution in [-0.2, 0) is 9.84 Å². The number of nitrogens with zero attached hydrogens (tertiary/aromatic N) is 5. The first-order valence-corrected chi connectivity index (χ1v) is 7.34. The van der Waals surface area contributed by atoms with Crippen LogP contribution in [0.3, 0.4) is 0 Å². The van der Waals surface area contributed by atoms with Gasteiger partial charge in [0.15, 0.2) is 5.65 Å². The summed E-state index contributed by atoms with van der Waals surface area (Å²) in [5.41, 5.74) is 0.311. The van der Waals surface area contributed by atoms with Crippen LogP contribution in [0, 0.1) is 11.3 Å². The number of nitriles is 1. The smallest absolute Gasteiger partial charge is 0.252 e. The van der Waals surface area contributed by atoms with E-state index in [0.717, 1.165) is 6.26 Å². The van der Waals surface area contributed by atoms with Crippen LogP contribution in [0.5, 0.6) is 0 Å². The maximum absolute atomic E-state index is 11.5. The van der Waals surface area contributed by atoms with Crippen molar-refractivity contribution < 1.29 is 8.42 Å². The Morgan fingerprint density at radius 3 is 2.89 bits per heavy atom. The summed E-state index contributed by atoms with van der Waals surface area (Å²) < 4.78 is 24.8. The molecule has 0 saturated carbocycles. The topological polar surface area (TPSA) is 113 Å². The molecule has 2 aromatic rings. The summed E-state index contributed by atoms with van der Waals surface area (Å²) in [7, 11) is -3.54. The van der Waals surface area contributed by atoms with Gasteiger partial charge in [-0.1, -0.05) is 0 Å². The molecule has 8 nitrogen and oxygen atoms in total. The number of nitrogens with one attached hydrogen (secondary N) is 1. The molecule has 2 aromatic heterocycles. The van der Waals surface area contributed by atoms with E-state index in [-0.39, 0.29) is 17.6 Å². The standard InChI is InChI=1S/C8H7BrN6O2S/c1-18(16,17)8-13-6-5(9)4-12-15(6)7(14-8)11-3-2-10/h4H,3H2,1H3,(H,11,13,14). The highest BCUT2D eigenvalue weighted by Crippen LogP contribution is 2.19. The number of anilines is 1. The summed E-state index contributed by atoms with van der Waals surface area (Å²) in [6.45, 7) is -0.0210. The summed E-state index contributed by atoms with van der Waals surface area (Å²) in [5, 5.41) is 14.8. The minimum atomic E-state index is -3.54. The number of hydrogen-bond donors (Lipinski definition) is 1. The van der Waals surface area contributed by atoms with Gasteiger partial charge in [-0.3, -0.25) is 0 Å². The predicted octanol–water partition coefficient (Wildman–Crippen LogP) is 0.226. The molecular weight excluding hydrogens is 324 g/mol. The lowest BCUT2D eigenvalue weighted by Crippen LogP contribution is -2.13. The minimum Gasteiger partial charge on any atom is -0.341 e. The molecule has 0 aliphatic carbocycles. The van der Waals surface area contributed by atoms with Crippen LogP contribution < -0.4 is 5.32 Å². The van der Waals surface area contributed by atoms with Crippen molar-refractivity contribution in [3.05, 3.63) is 10.7 Å². The van der Waals surface area contributed by atoms with E-state index in [1.807, 2.05) is 6.07 Å². The maximum Gasteiger partial charge on any atom is 0.252 e. The van der Waals surface area contributed by atoms with Gasteiger partial charge in [-0.05, 0) is 15.9 Å². The highest BCUT2D eigenvalue weighted by molar-refractivity contribution is 9.10. The van der Waals surface area contributed by atoms with Gasteiger partial charge in [-0.2, -0.15) is 24.8 Å². The molecule has 10 heteroatoms. The maximum atomic E-state index is 11.5. The Hall–Kier alpha value is -1.73. The van der Waals surface area contributed by atoms with Crippen molar-refractivity contribution in [1.82, 2.24) is 19.6 Å². The van der Waals surface area contributed by atoms with Gasteiger partial charge in [0.05, 0.1) is 16.7 Å². The number of rotatable bonds is 3. The molecule has 0 aliphatic rings. The lowest BCUT2D eigenvalue weighted by atomic mass is 10.6. The highest BCUT2D eigenvalue weighted by Gasteiger charge is 2.17. The second kappa shape index (κ2) is 4.51. The number of hydrogen-bond acceptors (Lipinski definition) is 7. The molecule has 2 heterocycles. The zero-order valence-electron chi connectivity index (χ0n) is 9.12. The van der Waals surface area contributed by atoms with Crippen molar-refractivity contribution in [3.63, 3.8) is 0 Å². The van der Waals surface area contributed by atoms with Gasteiger partial charge in [0.1, 0.15) is 6.54 Å². The number of halogens is 1. The monoisotopic (exact) mass is 330 g/mol. The summed E-state index contributed by atoms with van der Waals surface area (Å²) in [4.78, 5) is 7.75. The van der Waals surface area contributed by atoms with Gasteiger partial charge >= 0.3 is 0 Å². The summed E-state index contributed by atoms with van der Waals surface area (Å²) in [5.74, 6) is 0.146. The zero-order chi connectivity index (χ0) is 13.3. The third-order valence-electron chi connectivity index (χ3n) is 1.96. The van der Waals surface area contributed by atoms with Gasteiger partial charge < -0.3 is 5.32 Å². The van der Waals surface area contributed by atoms with Gasteiger partial charge in [-0.15, -0.1) is 0 Å². The first kappa shape index (κ1) is 12.7. The van der Waals surface area contributed by atoms with Crippen molar-refractivity contribution in [3.8, 4) is 6.07 Å². The molecule has 94 valence electrons. The summed E-state index contributed by atoms with van der Waals surface area (Å²) in [6.07, 6.45) is 2.48. The molecule has 0 fully saturated rings. The minimum absolute atomic E-state index is 0.0210. The molecule has 0 amide bonds. The Labute approximate surface area is 111 Å². The van der Waals surface area contributed by atoms with Gasteiger partial charge in [0.2, 0.25) is 15.8 Å². The van der Waals surface area contributed by atoms with Crippen LogP contribution in [0.25, 0.3) is 5.65 Å². The average Bonchev–Trinajstić information content (AvgIpc) is 2.67. The number of aromatic nitrogens is 4. The van der Waals surface area contributed by atoms with Gasteiger partial charge in [0, 0.05) is 6.26 Å².